The van der Waals surface area contributed by atoms with E-state index in [2.05, 4.69) is 25.2 Å². The summed E-state index contributed by atoms with van der Waals surface area (Å²) in [6, 6.07) is -0.646. The molecule has 2 atom stereocenters. The van der Waals surface area contributed by atoms with Gasteiger partial charge in [-0.2, -0.15) is 0 Å². The zero-order chi connectivity index (χ0) is 27.9. The van der Waals surface area contributed by atoms with Crippen LogP contribution in [0, 0.1) is 0 Å². The van der Waals surface area contributed by atoms with Gasteiger partial charge < -0.3 is 15.5 Å². The fraction of sp³-hybridized carbons (Fsp3) is 0.853. The number of unbranched alkanes of at least 4 members (excludes halogenated alkanes) is 21. The Labute approximate surface area is 237 Å². The summed E-state index contributed by atoms with van der Waals surface area (Å²) in [7, 11) is 0. The van der Waals surface area contributed by atoms with Gasteiger partial charge in [0, 0.05) is 6.42 Å². The second-order valence-corrected chi connectivity index (χ2v) is 11.3. The average molecular weight is 536 g/mol. The SMILES string of the molecule is CCCCCCC/C=C/C=C/[C@@H](O)[C@H](CO)NC(=O)CCCCCCCCCCCCCCCCCCC. The zero-order valence-corrected chi connectivity index (χ0v) is 25.4. The highest BCUT2D eigenvalue weighted by molar-refractivity contribution is 5.76. The van der Waals surface area contributed by atoms with Gasteiger partial charge >= 0.3 is 0 Å². The van der Waals surface area contributed by atoms with Gasteiger partial charge in [0.05, 0.1) is 18.8 Å². The summed E-state index contributed by atoms with van der Waals surface area (Å²) < 4.78 is 0. The van der Waals surface area contributed by atoms with Gasteiger partial charge in [0.1, 0.15) is 0 Å². The summed E-state index contributed by atoms with van der Waals surface area (Å²) in [6.45, 7) is 4.23. The van der Waals surface area contributed by atoms with Crippen molar-refractivity contribution < 1.29 is 15.0 Å². The van der Waals surface area contributed by atoms with Gasteiger partial charge in [-0.3, -0.25) is 4.79 Å². The summed E-state index contributed by atoms with van der Waals surface area (Å²) >= 11 is 0. The molecular formula is C34H65NO3. The predicted molar refractivity (Wildman–Crippen MR) is 165 cm³/mol. The van der Waals surface area contributed by atoms with Crippen LogP contribution in [0.3, 0.4) is 0 Å². The number of allylic oxidation sites excluding steroid dienone is 3. The van der Waals surface area contributed by atoms with Crippen LogP contribution < -0.4 is 5.32 Å². The first kappa shape index (κ1) is 36.9. The molecule has 4 nitrogen and oxygen atoms in total. The van der Waals surface area contributed by atoms with E-state index in [9.17, 15) is 15.0 Å². The van der Waals surface area contributed by atoms with Crippen LogP contribution in [-0.2, 0) is 4.79 Å². The molecule has 0 saturated heterocycles. The van der Waals surface area contributed by atoms with Gasteiger partial charge in [-0.25, -0.2) is 0 Å². The smallest absolute Gasteiger partial charge is 0.220 e. The minimum atomic E-state index is -0.881. The highest BCUT2D eigenvalue weighted by Crippen LogP contribution is 2.14. The van der Waals surface area contributed by atoms with E-state index >= 15 is 0 Å². The lowest BCUT2D eigenvalue weighted by Gasteiger charge is -2.19. The summed E-state index contributed by atoms with van der Waals surface area (Å²) in [4.78, 5) is 12.2. The van der Waals surface area contributed by atoms with Gasteiger partial charge in [0.2, 0.25) is 5.91 Å². The number of hydrogen-bond acceptors (Lipinski definition) is 3. The molecule has 1 amide bonds. The molecule has 0 aromatic rings. The minimum Gasteiger partial charge on any atom is -0.394 e. The normalized spacial score (nSPS) is 13.5. The Morgan fingerprint density at radius 3 is 1.50 bits per heavy atom. The Kier molecular flexibility index (Phi) is 29.5. The molecule has 0 aliphatic carbocycles. The van der Waals surface area contributed by atoms with Crippen molar-refractivity contribution in [3.63, 3.8) is 0 Å². The first-order valence-corrected chi connectivity index (χ1v) is 16.6. The molecule has 0 spiro atoms. The number of aliphatic hydroxyl groups excluding tert-OH is 2. The fourth-order valence-electron chi connectivity index (χ4n) is 4.88. The average Bonchev–Trinajstić information content (AvgIpc) is 2.92. The number of carbonyl (C=O) groups is 1. The fourth-order valence-corrected chi connectivity index (χ4v) is 4.88. The van der Waals surface area contributed by atoms with Crippen molar-refractivity contribution in [3.8, 4) is 0 Å². The zero-order valence-electron chi connectivity index (χ0n) is 25.4. The van der Waals surface area contributed by atoms with Crippen LogP contribution in [0.2, 0.25) is 0 Å². The van der Waals surface area contributed by atoms with Gasteiger partial charge in [0.15, 0.2) is 0 Å². The summed E-state index contributed by atoms with van der Waals surface area (Å²) in [5.74, 6) is -0.0833. The molecule has 38 heavy (non-hydrogen) atoms. The van der Waals surface area contributed by atoms with Crippen molar-refractivity contribution >= 4 is 5.91 Å². The topological polar surface area (TPSA) is 69.6 Å². The van der Waals surface area contributed by atoms with E-state index in [0.29, 0.717) is 6.42 Å². The molecule has 224 valence electrons. The lowest BCUT2D eigenvalue weighted by Crippen LogP contribution is -2.45. The van der Waals surface area contributed by atoms with Crippen molar-refractivity contribution in [2.24, 2.45) is 0 Å². The Balaban J connectivity index is 3.62. The van der Waals surface area contributed by atoms with Crippen LogP contribution in [0.4, 0.5) is 0 Å². The Bertz CT molecular complexity index is 546. The number of carbonyl (C=O) groups excluding carboxylic acids is 1. The van der Waals surface area contributed by atoms with Crippen LogP contribution in [0.25, 0.3) is 0 Å². The quantitative estimate of drug-likeness (QED) is 0.0660. The van der Waals surface area contributed by atoms with E-state index in [1.165, 1.54) is 128 Å². The van der Waals surface area contributed by atoms with Crippen LogP contribution in [0.5, 0.6) is 0 Å². The third kappa shape index (κ3) is 26.5. The minimum absolute atomic E-state index is 0.0833. The monoisotopic (exact) mass is 535 g/mol. The first-order chi connectivity index (χ1) is 18.7. The Morgan fingerprint density at radius 1 is 0.632 bits per heavy atom. The number of aliphatic hydroxyl groups is 2. The second-order valence-electron chi connectivity index (χ2n) is 11.3. The Morgan fingerprint density at radius 2 is 1.05 bits per heavy atom. The van der Waals surface area contributed by atoms with Crippen LogP contribution >= 0.6 is 0 Å². The predicted octanol–water partition coefficient (Wildman–Crippen LogP) is 9.34. The lowest BCUT2D eigenvalue weighted by atomic mass is 10.0. The van der Waals surface area contributed by atoms with Crippen molar-refractivity contribution in [2.75, 3.05) is 6.61 Å². The molecule has 4 heteroatoms. The molecule has 0 unspecified atom stereocenters. The molecule has 0 aromatic heterocycles. The van der Waals surface area contributed by atoms with Gasteiger partial charge in [-0.15, -0.1) is 0 Å². The van der Waals surface area contributed by atoms with Crippen molar-refractivity contribution in [1.82, 2.24) is 5.32 Å². The highest BCUT2D eigenvalue weighted by Gasteiger charge is 2.17. The standard InChI is InChI=1S/C34H65NO3/c1-3-5-7-9-11-13-14-15-16-17-18-19-20-22-24-26-28-30-34(38)35-32(31-36)33(37)29-27-25-23-21-12-10-8-6-4-2/h23,25,27,29,32-33,36-37H,3-22,24,26,28,30-31H2,1-2H3,(H,35,38)/b25-23+,29-27+/t32-,33+/m0/s1. The number of hydrogen-bond donors (Lipinski definition) is 3. The van der Waals surface area contributed by atoms with Crippen LogP contribution in [-0.4, -0.2) is 34.9 Å². The molecule has 0 fully saturated rings. The summed E-state index contributed by atoms with van der Waals surface area (Å²) in [6.07, 6.45) is 36.9. The summed E-state index contributed by atoms with van der Waals surface area (Å²) in [5.41, 5.74) is 0. The molecule has 3 N–H and O–H groups in total. The largest absolute Gasteiger partial charge is 0.394 e. The van der Waals surface area contributed by atoms with Gasteiger partial charge in [-0.05, 0) is 19.3 Å². The van der Waals surface area contributed by atoms with Crippen molar-refractivity contribution in [3.05, 3.63) is 24.3 Å². The van der Waals surface area contributed by atoms with Crippen LogP contribution in [0.15, 0.2) is 24.3 Å². The molecule has 0 aliphatic heterocycles. The maximum Gasteiger partial charge on any atom is 0.220 e. The molecule has 0 aromatic carbocycles. The molecule has 0 saturated carbocycles. The van der Waals surface area contributed by atoms with Gasteiger partial charge in [-0.1, -0.05) is 167 Å². The molecule has 0 rings (SSSR count). The summed E-state index contributed by atoms with van der Waals surface area (Å²) in [5, 5.41) is 22.7. The van der Waals surface area contributed by atoms with E-state index in [4.69, 9.17) is 0 Å². The third-order valence-corrected chi connectivity index (χ3v) is 7.49. The maximum absolute atomic E-state index is 12.2. The van der Waals surface area contributed by atoms with Crippen molar-refractivity contribution in [1.29, 1.82) is 0 Å². The van der Waals surface area contributed by atoms with Gasteiger partial charge in [0.25, 0.3) is 0 Å². The van der Waals surface area contributed by atoms with Crippen LogP contribution in [0.1, 0.15) is 168 Å². The third-order valence-electron chi connectivity index (χ3n) is 7.49. The second kappa shape index (κ2) is 30.4. The molecule has 0 aliphatic rings. The van der Waals surface area contributed by atoms with E-state index in [-0.39, 0.29) is 12.5 Å². The number of amides is 1. The molecule has 0 heterocycles. The lowest BCUT2D eigenvalue weighted by molar-refractivity contribution is -0.123. The van der Waals surface area contributed by atoms with Crippen molar-refractivity contribution in [2.45, 2.75) is 180 Å². The van der Waals surface area contributed by atoms with E-state index in [0.717, 1.165) is 19.3 Å². The Hall–Kier alpha value is -1.13. The number of rotatable bonds is 29. The van der Waals surface area contributed by atoms with E-state index in [1.54, 1.807) is 6.08 Å². The number of nitrogens with one attached hydrogen (secondary N) is 1. The van der Waals surface area contributed by atoms with E-state index in [1.807, 2.05) is 12.2 Å². The van der Waals surface area contributed by atoms with E-state index < -0.39 is 12.1 Å². The highest BCUT2D eigenvalue weighted by atomic mass is 16.3. The molecular weight excluding hydrogens is 470 g/mol. The molecule has 0 bridgehead atoms. The molecule has 0 radical (unpaired) electrons. The first-order valence-electron chi connectivity index (χ1n) is 16.6. The maximum atomic E-state index is 12.2.